The maximum Gasteiger partial charge on any atom is 0.267 e. The molecule has 0 atom stereocenters. The highest BCUT2D eigenvalue weighted by molar-refractivity contribution is 5.50. The lowest BCUT2D eigenvalue weighted by molar-refractivity contribution is 0.505. The summed E-state index contributed by atoms with van der Waals surface area (Å²) in [7, 11) is 0. The van der Waals surface area contributed by atoms with E-state index >= 15 is 0 Å². The maximum atomic E-state index is 13.2. The number of furan rings is 1. The van der Waals surface area contributed by atoms with Gasteiger partial charge >= 0.3 is 0 Å². The Labute approximate surface area is 118 Å². The van der Waals surface area contributed by atoms with Gasteiger partial charge in [-0.1, -0.05) is 6.07 Å². The van der Waals surface area contributed by atoms with Gasteiger partial charge in [-0.3, -0.25) is 4.79 Å². The lowest BCUT2D eigenvalue weighted by Crippen LogP contribution is -2.22. The van der Waals surface area contributed by atoms with Crippen LogP contribution in [0.15, 0.2) is 57.9 Å². The van der Waals surface area contributed by atoms with Gasteiger partial charge in [-0.25, -0.2) is 13.5 Å². The molecule has 106 valence electrons. The summed E-state index contributed by atoms with van der Waals surface area (Å²) in [6.07, 6.45) is 1.50. The first-order chi connectivity index (χ1) is 10.1. The average Bonchev–Trinajstić information content (AvgIpc) is 2.99. The number of aromatic nitrogens is 2. The van der Waals surface area contributed by atoms with E-state index in [9.17, 15) is 13.6 Å². The fraction of sp³-hybridized carbons (Fsp3) is 0.0667. The number of nitrogens with zero attached hydrogens (tertiary/aromatic N) is 2. The van der Waals surface area contributed by atoms with E-state index in [0.29, 0.717) is 17.0 Å². The van der Waals surface area contributed by atoms with Crippen LogP contribution in [-0.4, -0.2) is 9.78 Å². The van der Waals surface area contributed by atoms with E-state index in [4.69, 9.17) is 4.42 Å². The zero-order valence-electron chi connectivity index (χ0n) is 10.8. The molecule has 0 N–H and O–H groups in total. The molecule has 4 nitrogen and oxygen atoms in total. The summed E-state index contributed by atoms with van der Waals surface area (Å²) < 4.78 is 32.5. The van der Waals surface area contributed by atoms with Gasteiger partial charge in [0.2, 0.25) is 0 Å². The minimum Gasteiger partial charge on any atom is -0.463 e. The highest BCUT2D eigenvalue weighted by atomic mass is 19.2. The van der Waals surface area contributed by atoms with Crippen molar-refractivity contribution in [3.63, 3.8) is 0 Å². The number of benzene rings is 1. The third-order valence-corrected chi connectivity index (χ3v) is 2.96. The minimum absolute atomic E-state index is 0.0462. The molecule has 0 aliphatic carbocycles. The molecule has 21 heavy (non-hydrogen) atoms. The van der Waals surface area contributed by atoms with Crippen LogP contribution >= 0.6 is 0 Å². The first-order valence-corrected chi connectivity index (χ1v) is 6.19. The predicted molar refractivity (Wildman–Crippen MR) is 71.7 cm³/mol. The van der Waals surface area contributed by atoms with E-state index in [1.54, 1.807) is 18.2 Å². The van der Waals surface area contributed by atoms with E-state index < -0.39 is 11.6 Å². The van der Waals surface area contributed by atoms with Crippen molar-refractivity contribution in [2.45, 2.75) is 6.54 Å². The van der Waals surface area contributed by atoms with Crippen LogP contribution in [0.2, 0.25) is 0 Å². The monoisotopic (exact) mass is 288 g/mol. The molecule has 0 fully saturated rings. The molecular formula is C15H10F2N2O2. The largest absolute Gasteiger partial charge is 0.463 e. The van der Waals surface area contributed by atoms with Gasteiger partial charge in [0, 0.05) is 6.07 Å². The van der Waals surface area contributed by atoms with Crippen molar-refractivity contribution in [1.29, 1.82) is 0 Å². The molecule has 2 aromatic heterocycles. The van der Waals surface area contributed by atoms with Gasteiger partial charge in [0.05, 0.1) is 12.8 Å². The van der Waals surface area contributed by atoms with Crippen LogP contribution < -0.4 is 5.56 Å². The Kier molecular flexibility index (Phi) is 3.35. The zero-order chi connectivity index (χ0) is 14.8. The fourth-order valence-electron chi connectivity index (χ4n) is 1.93. The molecule has 3 rings (SSSR count). The second-order valence-electron chi connectivity index (χ2n) is 4.44. The minimum atomic E-state index is -0.956. The highest BCUT2D eigenvalue weighted by Gasteiger charge is 2.08. The van der Waals surface area contributed by atoms with Gasteiger partial charge < -0.3 is 4.42 Å². The molecule has 0 saturated carbocycles. The molecule has 6 heteroatoms. The summed E-state index contributed by atoms with van der Waals surface area (Å²) in [5.74, 6) is -1.36. The normalized spacial score (nSPS) is 10.8. The Bertz CT molecular complexity index is 826. The molecule has 0 amide bonds. The van der Waals surface area contributed by atoms with Crippen LogP contribution in [0.5, 0.6) is 0 Å². The third-order valence-electron chi connectivity index (χ3n) is 2.96. The van der Waals surface area contributed by atoms with E-state index in [-0.39, 0.29) is 12.1 Å². The molecule has 2 heterocycles. The second kappa shape index (κ2) is 5.32. The molecule has 0 bridgehead atoms. The summed E-state index contributed by atoms with van der Waals surface area (Å²) in [4.78, 5) is 11.8. The maximum absolute atomic E-state index is 13.2. The van der Waals surface area contributed by atoms with Crippen molar-refractivity contribution in [2.75, 3.05) is 0 Å². The van der Waals surface area contributed by atoms with E-state index in [2.05, 4.69) is 5.10 Å². The van der Waals surface area contributed by atoms with Crippen LogP contribution in [0.4, 0.5) is 8.78 Å². The van der Waals surface area contributed by atoms with Crippen molar-refractivity contribution in [3.8, 4) is 11.5 Å². The molecular weight excluding hydrogens is 278 g/mol. The van der Waals surface area contributed by atoms with E-state index in [1.165, 1.54) is 23.1 Å². The second-order valence-corrected chi connectivity index (χ2v) is 4.44. The molecule has 0 spiro atoms. The molecule has 0 aliphatic heterocycles. The Balaban J connectivity index is 1.96. The Morgan fingerprint density at radius 3 is 2.67 bits per heavy atom. The van der Waals surface area contributed by atoms with Crippen LogP contribution in [0, 0.1) is 11.6 Å². The van der Waals surface area contributed by atoms with E-state index in [0.717, 1.165) is 12.1 Å². The van der Waals surface area contributed by atoms with Crippen LogP contribution in [0.1, 0.15) is 5.56 Å². The van der Waals surface area contributed by atoms with Crippen molar-refractivity contribution < 1.29 is 13.2 Å². The average molecular weight is 288 g/mol. The van der Waals surface area contributed by atoms with Gasteiger partial charge in [-0.15, -0.1) is 0 Å². The lowest BCUT2D eigenvalue weighted by Gasteiger charge is -2.06. The number of rotatable bonds is 3. The van der Waals surface area contributed by atoms with Gasteiger partial charge in [0.25, 0.3) is 5.56 Å². The third kappa shape index (κ3) is 2.74. The van der Waals surface area contributed by atoms with Gasteiger partial charge in [-0.2, -0.15) is 5.10 Å². The summed E-state index contributed by atoms with van der Waals surface area (Å²) in [6, 6.07) is 9.80. The number of hydrogen-bond donors (Lipinski definition) is 0. The zero-order valence-corrected chi connectivity index (χ0v) is 10.8. The SMILES string of the molecule is O=c1ccc(-c2ccco2)nn1Cc1ccc(F)c(F)c1. The van der Waals surface area contributed by atoms with Crippen LogP contribution in [0.3, 0.4) is 0 Å². The predicted octanol–water partition coefficient (Wildman–Crippen LogP) is 2.83. The standard InChI is InChI=1S/C15H10F2N2O2/c16-11-4-3-10(8-12(11)17)9-19-15(20)6-5-13(18-19)14-2-1-7-21-14/h1-8H,9H2. The lowest BCUT2D eigenvalue weighted by atomic mass is 10.2. The number of halogens is 2. The Morgan fingerprint density at radius 2 is 1.95 bits per heavy atom. The van der Waals surface area contributed by atoms with Gasteiger partial charge in [-0.05, 0) is 35.9 Å². The summed E-state index contributed by atoms with van der Waals surface area (Å²) in [5, 5.41) is 4.16. The summed E-state index contributed by atoms with van der Waals surface area (Å²) >= 11 is 0. The molecule has 0 radical (unpaired) electrons. The molecule has 1 aromatic carbocycles. The molecule has 0 unspecified atom stereocenters. The Hall–Kier alpha value is -2.76. The van der Waals surface area contributed by atoms with E-state index in [1.807, 2.05) is 0 Å². The fourth-order valence-corrected chi connectivity index (χ4v) is 1.93. The van der Waals surface area contributed by atoms with Gasteiger partial charge in [0.1, 0.15) is 5.69 Å². The quantitative estimate of drug-likeness (QED) is 0.744. The Morgan fingerprint density at radius 1 is 1.10 bits per heavy atom. The smallest absolute Gasteiger partial charge is 0.267 e. The van der Waals surface area contributed by atoms with Crippen molar-refractivity contribution >= 4 is 0 Å². The molecule has 0 aliphatic rings. The molecule has 3 aromatic rings. The number of hydrogen-bond acceptors (Lipinski definition) is 3. The summed E-state index contributed by atoms with van der Waals surface area (Å²) in [6.45, 7) is 0.0462. The highest BCUT2D eigenvalue weighted by Crippen LogP contribution is 2.15. The van der Waals surface area contributed by atoms with Crippen LogP contribution in [-0.2, 0) is 6.54 Å². The van der Waals surface area contributed by atoms with Crippen molar-refractivity contribution in [2.24, 2.45) is 0 Å². The van der Waals surface area contributed by atoms with Gasteiger partial charge in [0.15, 0.2) is 17.4 Å². The topological polar surface area (TPSA) is 48.0 Å². The first-order valence-electron chi connectivity index (χ1n) is 6.19. The van der Waals surface area contributed by atoms with Crippen molar-refractivity contribution in [3.05, 3.63) is 76.3 Å². The molecule has 0 saturated heterocycles. The first kappa shape index (κ1) is 13.2. The van der Waals surface area contributed by atoms with Crippen molar-refractivity contribution in [1.82, 2.24) is 9.78 Å². The van der Waals surface area contributed by atoms with Crippen LogP contribution in [0.25, 0.3) is 11.5 Å². The summed E-state index contributed by atoms with van der Waals surface area (Å²) in [5.41, 5.74) is 0.595.